The highest BCUT2D eigenvalue weighted by Gasteiger charge is 2.30. The minimum Gasteiger partial charge on any atom is -0.383 e. The zero-order chi connectivity index (χ0) is 18.6. The van der Waals surface area contributed by atoms with Crippen LogP contribution >= 0.6 is 11.3 Å². The van der Waals surface area contributed by atoms with Crippen molar-refractivity contribution in [1.82, 2.24) is 10.2 Å². The molecule has 0 radical (unpaired) electrons. The lowest BCUT2D eigenvalue weighted by Gasteiger charge is -2.32. The Morgan fingerprint density at radius 3 is 2.50 bits per heavy atom. The van der Waals surface area contributed by atoms with E-state index in [0.29, 0.717) is 31.5 Å². The fourth-order valence-electron chi connectivity index (χ4n) is 3.18. The van der Waals surface area contributed by atoms with Gasteiger partial charge in [0, 0.05) is 29.4 Å². The van der Waals surface area contributed by atoms with Gasteiger partial charge in [0.15, 0.2) is 0 Å². The molecule has 1 aliphatic rings. The summed E-state index contributed by atoms with van der Waals surface area (Å²) in [7, 11) is 0. The van der Waals surface area contributed by atoms with Gasteiger partial charge in [0.1, 0.15) is 5.60 Å². The molecule has 1 saturated heterocycles. The van der Waals surface area contributed by atoms with Crippen LogP contribution in [0.5, 0.6) is 0 Å². The number of hydrogen-bond acceptors (Lipinski definition) is 4. The summed E-state index contributed by atoms with van der Waals surface area (Å²) in [5, 5.41) is 15.3. The number of piperidine rings is 1. The van der Waals surface area contributed by atoms with E-state index in [0.717, 1.165) is 4.88 Å². The summed E-state index contributed by atoms with van der Waals surface area (Å²) >= 11 is 1.47. The third-order valence-electron chi connectivity index (χ3n) is 4.83. The molecule has 2 heterocycles. The number of carbonyl (C=O) groups is 2. The molecule has 0 saturated carbocycles. The molecule has 0 bridgehead atoms. The van der Waals surface area contributed by atoms with Crippen LogP contribution in [0.3, 0.4) is 0 Å². The van der Waals surface area contributed by atoms with E-state index >= 15 is 0 Å². The van der Waals surface area contributed by atoms with E-state index in [-0.39, 0.29) is 24.3 Å². The van der Waals surface area contributed by atoms with E-state index < -0.39 is 5.60 Å². The molecule has 138 valence electrons. The van der Waals surface area contributed by atoms with Crippen LogP contribution in [0.25, 0.3) is 0 Å². The molecule has 26 heavy (non-hydrogen) atoms. The number of hydrogen-bond donors (Lipinski definition) is 2. The van der Waals surface area contributed by atoms with E-state index in [2.05, 4.69) is 5.32 Å². The maximum absolute atomic E-state index is 12.5. The van der Waals surface area contributed by atoms with Crippen LogP contribution < -0.4 is 5.32 Å². The van der Waals surface area contributed by atoms with Gasteiger partial charge in [-0.15, -0.1) is 11.3 Å². The SMILES string of the molecule is CC(O)(CNC(=O)C1CCN(C(=O)c2ccccc2)CC1)c1cccs1. The molecule has 1 unspecified atom stereocenters. The minimum absolute atomic E-state index is 0.0186. The van der Waals surface area contributed by atoms with Crippen LogP contribution in [0.15, 0.2) is 47.8 Å². The Morgan fingerprint density at radius 1 is 1.19 bits per heavy atom. The molecule has 1 fully saturated rings. The smallest absolute Gasteiger partial charge is 0.253 e. The quantitative estimate of drug-likeness (QED) is 0.848. The van der Waals surface area contributed by atoms with Crippen molar-refractivity contribution in [2.45, 2.75) is 25.4 Å². The normalized spacial score (nSPS) is 17.5. The van der Waals surface area contributed by atoms with Crippen LogP contribution in [0.4, 0.5) is 0 Å². The summed E-state index contributed by atoms with van der Waals surface area (Å²) < 4.78 is 0. The summed E-state index contributed by atoms with van der Waals surface area (Å²) in [5.74, 6) is -0.146. The lowest BCUT2D eigenvalue weighted by atomic mass is 9.95. The van der Waals surface area contributed by atoms with Gasteiger partial charge in [-0.25, -0.2) is 0 Å². The van der Waals surface area contributed by atoms with Crippen molar-refractivity contribution < 1.29 is 14.7 Å². The lowest BCUT2D eigenvalue weighted by Crippen LogP contribution is -2.45. The Kier molecular flexibility index (Phi) is 5.74. The van der Waals surface area contributed by atoms with Crippen LogP contribution in [-0.4, -0.2) is 41.5 Å². The zero-order valence-electron chi connectivity index (χ0n) is 14.9. The molecule has 1 aromatic carbocycles. The highest BCUT2D eigenvalue weighted by molar-refractivity contribution is 7.10. The van der Waals surface area contributed by atoms with E-state index in [9.17, 15) is 14.7 Å². The summed E-state index contributed by atoms with van der Waals surface area (Å²) in [5.41, 5.74) is -0.379. The van der Waals surface area contributed by atoms with Crippen LogP contribution in [0.2, 0.25) is 0 Å². The largest absolute Gasteiger partial charge is 0.383 e. The van der Waals surface area contributed by atoms with Gasteiger partial charge in [-0.05, 0) is 43.3 Å². The Bertz CT molecular complexity index is 736. The molecule has 3 rings (SSSR count). The molecule has 1 aliphatic heterocycles. The van der Waals surface area contributed by atoms with Gasteiger partial charge >= 0.3 is 0 Å². The maximum Gasteiger partial charge on any atom is 0.253 e. The highest BCUT2D eigenvalue weighted by Crippen LogP contribution is 2.25. The fourth-order valence-corrected chi connectivity index (χ4v) is 3.97. The first kappa shape index (κ1) is 18.6. The Labute approximate surface area is 157 Å². The third kappa shape index (κ3) is 4.31. The molecule has 0 aliphatic carbocycles. The number of rotatable bonds is 5. The van der Waals surface area contributed by atoms with Gasteiger partial charge < -0.3 is 15.3 Å². The van der Waals surface area contributed by atoms with Gasteiger partial charge in [0.25, 0.3) is 5.91 Å². The topological polar surface area (TPSA) is 69.6 Å². The molecule has 1 atom stereocenters. The monoisotopic (exact) mass is 372 g/mol. The number of aliphatic hydroxyl groups is 1. The second-order valence-corrected chi connectivity index (χ2v) is 7.85. The summed E-state index contributed by atoms with van der Waals surface area (Å²) in [6.07, 6.45) is 1.29. The number of amides is 2. The van der Waals surface area contributed by atoms with Gasteiger partial charge in [0.2, 0.25) is 5.91 Å². The average molecular weight is 372 g/mol. The number of nitrogens with zero attached hydrogens (tertiary/aromatic N) is 1. The second-order valence-electron chi connectivity index (χ2n) is 6.90. The number of benzene rings is 1. The van der Waals surface area contributed by atoms with E-state index in [4.69, 9.17) is 0 Å². The number of nitrogens with one attached hydrogen (secondary N) is 1. The minimum atomic E-state index is -1.06. The van der Waals surface area contributed by atoms with Crippen molar-refractivity contribution in [3.8, 4) is 0 Å². The van der Waals surface area contributed by atoms with Crippen molar-refractivity contribution >= 4 is 23.2 Å². The van der Waals surface area contributed by atoms with Crippen molar-refractivity contribution in [3.05, 3.63) is 58.3 Å². The van der Waals surface area contributed by atoms with E-state index in [1.54, 1.807) is 11.8 Å². The lowest BCUT2D eigenvalue weighted by molar-refractivity contribution is -0.127. The van der Waals surface area contributed by atoms with Crippen molar-refractivity contribution in [2.75, 3.05) is 19.6 Å². The van der Waals surface area contributed by atoms with Gasteiger partial charge in [0.05, 0.1) is 6.54 Å². The molecular weight excluding hydrogens is 348 g/mol. The third-order valence-corrected chi connectivity index (χ3v) is 5.96. The van der Waals surface area contributed by atoms with Gasteiger partial charge in [-0.3, -0.25) is 9.59 Å². The molecule has 5 nitrogen and oxygen atoms in total. The summed E-state index contributed by atoms with van der Waals surface area (Å²) in [6.45, 7) is 3.05. The Morgan fingerprint density at radius 2 is 1.88 bits per heavy atom. The molecule has 1 aromatic heterocycles. The van der Waals surface area contributed by atoms with Gasteiger partial charge in [-0.1, -0.05) is 24.3 Å². The highest BCUT2D eigenvalue weighted by atomic mass is 32.1. The van der Waals surface area contributed by atoms with Crippen LogP contribution in [0.1, 0.15) is 35.0 Å². The standard InChI is InChI=1S/C20H24N2O3S/c1-20(25,17-8-5-13-26-17)14-21-18(23)15-9-11-22(12-10-15)19(24)16-6-3-2-4-7-16/h2-8,13,15,25H,9-12,14H2,1H3,(H,21,23). The van der Waals surface area contributed by atoms with Crippen molar-refractivity contribution in [3.63, 3.8) is 0 Å². The summed E-state index contributed by atoms with van der Waals surface area (Å²) in [4.78, 5) is 27.5. The number of likely N-dealkylation sites (tertiary alicyclic amines) is 1. The Hall–Kier alpha value is -2.18. The zero-order valence-corrected chi connectivity index (χ0v) is 15.7. The first-order valence-electron chi connectivity index (χ1n) is 8.86. The van der Waals surface area contributed by atoms with Crippen molar-refractivity contribution in [1.29, 1.82) is 0 Å². The Balaban J connectivity index is 1.49. The fraction of sp³-hybridized carbons (Fsp3) is 0.400. The maximum atomic E-state index is 12.5. The molecular formula is C20H24N2O3S. The van der Waals surface area contributed by atoms with E-state index in [1.165, 1.54) is 11.3 Å². The van der Waals surface area contributed by atoms with Crippen LogP contribution in [0, 0.1) is 5.92 Å². The first-order chi connectivity index (χ1) is 12.5. The number of carbonyl (C=O) groups excluding carboxylic acids is 2. The average Bonchev–Trinajstić information content (AvgIpc) is 3.22. The predicted octanol–water partition coefficient (Wildman–Crippen LogP) is 2.62. The summed E-state index contributed by atoms with van der Waals surface area (Å²) in [6, 6.07) is 13.0. The number of thiophene rings is 1. The molecule has 2 amide bonds. The predicted molar refractivity (Wildman–Crippen MR) is 102 cm³/mol. The first-order valence-corrected chi connectivity index (χ1v) is 9.74. The molecule has 2 aromatic rings. The molecule has 2 N–H and O–H groups in total. The van der Waals surface area contributed by atoms with Gasteiger partial charge in [-0.2, -0.15) is 0 Å². The second kappa shape index (κ2) is 8.01. The molecule has 0 spiro atoms. The molecule has 6 heteroatoms. The van der Waals surface area contributed by atoms with Crippen molar-refractivity contribution in [2.24, 2.45) is 5.92 Å². The van der Waals surface area contributed by atoms with E-state index in [1.807, 2.05) is 47.8 Å². The van der Waals surface area contributed by atoms with Crippen LogP contribution in [-0.2, 0) is 10.4 Å².